The van der Waals surface area contributed by atoms with E-state index in [0.717, 1.165) is 30.4 Å². The van der Waals surface area contributed by atoms with Crippen LogP contribution in [0.25, 0.3) is 0 Å². The fourth-order valence-corrected chi connectivity index (χ4v) is 4.69. The molecule has 0 saturated carbocycles. The lowest BCUT2D eigenvalue weighted by atomic mass is 9.88. The first-order valence-electron chi connectivity index (χ1n) is 8.41. The first kappa shape index (κ1) is 21.2. The summed E-state index contributed by atoms with van der Waals surface area (Å²) in [5, 5.41) is 0. The highest BCUT2D eigenvalue weighted by atomic mass is 35.5. The zero-order chi connectivity index (χ0) is 18.9. The number of anilines is 1. The smallest absolute Gasteiger partial charge is 0.338 e. The van der Waals surface area contributed by atoms with Crippen LogP contribution in [0.4, 0.5) is 5.69 Å². The number of sulfonamides is 1. The van der Waals surface area contributed by atoms with E-state index in [2.05, 4.69) is 4.72 Å². The monoisotopic (exact) mass is 410 g/mol. The van der Waals surface area contributed by atoms with E-state index in [9.17, 15) is 13.2 Å². The molecule has 6 nitrogen and oxygen atoms in total. The molecule has 3 N–H and O–H groups in total. The molecular formula is C19H23ClN2O4S. The molecule has 0 aromatic heterocycles. The van der Waals surface area contributed by atoms with Crippen LogP contribution in [0.1, 0.15) is 45.9 Å². The van der Waals surface area contributed by atoms with Crippen LogP contribution in [-0.4, -0.2) is 21.5 Å². The number of rotatable bonds is 4. The van der Waals surface area contributed by atoms with E-state index in [1.54, 1.807) is 13.0 Å². The van der Waals surface area contributed by atoms with E-state index in [4.69, 9.17) is 10.5 Å². The fraction of sp³-hybridized carbons (Fsp3) is 0.316. The number of esters is 1. The van der Waals surface area contributed by atoms with Gasteiger partial charge >= 0.3 is 5.97 Å². The summed E-state index contributed by atoms with van der Waals surface area (Å²) in [5.41, 5.74) is 9.48. The van der Waals surface area contributed by atoms with Crippen LogP contribution < -0.4 is 10.5 Å². The summed E-state index contributed by atoms with van der Waals surface area (Å²) in [6.07, 6.45) is 2.52. The van der Waals surface area contributed by atoms with Gasteiger partial charge in [0.2, 0.25) is 10.0 Å². The summed E-state index contributed by atoms with van der Waals surface area (Å²) >= 11 is 0. The average molecular weight is 411 g/mol. The number of benzene rings is 2. The predicted molar refractivity (Wildman–Crippen MR) is 107 cm³/mol. The summed E-state index contributed by atoms with van der Waals surface area (Å²) in [5.74, 6) is -0.488. The molecule has 0 fully saturated rings. The highest BCUT2D eigenvalue weighted by molar-refractivity contribution is 7.89. The lowest BCUT2D eigenvalue weighted by Gasteiger charge is -2.26. The number of methoxy groups -OCH3 is 1. The number of nitrogen functional groups attached to an aromatic ring is 1. The first-order valence-corrected chi connectivity index (χ1v) is 9.90. The zero-order valence-corrected chi connectivity index (χ0v) is 16.8. The SMILES string of the molecule is COC(=O)c1ccc(S(=O)(=O)NC2CCCc3cc(N)ccc32)cc1C.Cl. The minimum absolute atomic E-state index is 0. The van der Waals surface area contributed by atoms with Gasteiger partial charge in [0.05, 0.1) is 17.6 Å². The maximum Gasteiger partial charge on any atom is 0.338 e. The molecule has 2 aromatic rings. The van der Waals surface area contributed by atoms with Crippen molar-refractivity contribution >= 4 is 34.1 Å². The van der Waals surface area contributed by atoms with Crippen molar-refractivity contribution in [1.29, 1.82) is 0 Å². The van der Waals surface area contributed by atoms with Crippen molar-refractivity contribution in [2.45, 2.75) is 37.1 Å². The van der Waals surface area contributed by atoms with Gasteiger partial charge in [-0.1, -0.05) is 6.07 Å². The maximum absolute atomic E-state index is 12.8. The van der Waals surface area contributed by atoms with Crippen LogP contribution in [0.5, 0.6) is 0 Å². The third kappa shape index (κ3) is 4.43. The largest absolute Gasteiger partial charge is 0.465 e. The van der Waals surface area contributed by atoms with Crippen molar-refractivity contribution in [3.05, 3.63) is 58.7 Å². The molecular weight excluding hydrogens is 388 g/mol. The topological polar surface area (TPSA) is 98.5 Å². The molecule has 0 saturated heterocycles. The van der Waals surface area contributed by atoms with Gasteiger partial charge in [0, 0.05) is 11.7 Å². The number of aryl methyl sites for hydroxylation is 2. The number of hydrogen-bond acceptors (Lipinski definition) is 5. The van der Waals surface area contributed by atoms with Crippen LogP contribution >= 0.6 is 12.4 Å². The molecule has 27 heavy (non-hydrogen) atoms. The highest BCUT2D eigenvalue weighted by Gasteiger charge is 2.26. The summed E-state index contributed by atoms with van der Waals surface area (Å²) in [6.45, 7) is 1.68. The highest BCUT2D eigenvalue weighted by Crippen LogP contribution is 2.32. The second kappa shape index (κ2) is 8.29. The van der Waals surface area contributed by atoms with Gasteiger partial charge in [0.25, 0.3) is 0 Å². The van der Waals surface area contributed by atoms with Gasteiger partial charge in [-0.3, -0.25) is 0 Å². The molecule has 1 unspecified atom stereocenters. The molecule has 0 amide bonds. The number of carbonyl (C=O) groups excluding carboxylic acids is 1. The van der Waals surface area contributed by atoms with Gasteiger partial charge in [-0.2, -0.15) is 0 Å². The predicted octanol–water partition coefficient (Wildman–Crippen LogP) is 3.14. The Balaban J connectivity index is 0.00000261. The van der Waals surface area contributed by atoms with Crippen molar-refractivity contribution in [3.63, 3.8) is 0 Å². The molecule has 0 bridgehead atoms. The standard InChI is InChI=1S/C19H22N2O4S.ClH/c1-12-10-15(7-9-16(12)19(22)25-2)26(23,24)21-18-5-3-4-13-11-14(20)6-8-17(13)18;/h6-11,18,21H,3-5,20H2,1-2H3;1H. The number of fused-ring (bicyclic) bond motifs is 1. The summed E-state index contributed by atoms with van der Waals surface area (Å²) in [4.78, 5) is 11.8. The van der Waals surface area contributed by atoms with Crippen molar-refractivity contribution < 1.29 is 17.9 Å². The number of nitrogens with two attached hydrogens (primary N) is 1. The minimum atomic E-state index is -3.72. The number of halogens is 1. The molecule has 2 aromatic carbocycles. The van der Waals surface area contributed by atoms with Crippen LogP contribution in [0.2, 0.25) is 0 Å². The minimum Gasteiger partial charge on any atom is -0.465 e. The molecule has 1 atom stereocenters. The van der Waals surface area contributed by atoms with E-state index in [0.29, 0.717) is 16.8 Å². The molecule has 0 heterocycles. The van der Waals surface area contributed by atoms with E-state index in [1.807, 2.05) is 12.1 Å². The van der Waals surface area contributed by atoms with Gasteiger partial charge in [0.15, 0.2) is 0 Å². The third-order valence-electron chi connectivity index (χ3n) is 4.69. The van der Waals surface area contributed by atoms with E-state index >= 15 is 0 Å². The lowest BCUT2D eigenvalue weighted by molar-refractivity contribution is 0.0600. The van der Waals surface area contributed by atoms with Gasteiger partial charge in [-0.05, 0) is 73.2 Å². The lowest BCUT2D eigenvalue weighted by Crippen LogP contribution is -2.31. The molecule has 146 valence electrons. The van der Waals surface area contributed by atoms with Crippen LogP contribution in [0, 0.1) is 6.92 Å². The maximum atomic E-state index is 12.8. The Morgan fingerprint density at radius 2 is 1.96 bits per heavy atom. The first-order chi connectivity index (χ1) is 12.3. The van der Waals surface area contributed by atoms with E-state index in [-0.39, 0.29) is 23.3 Å². The average Bonchev–Trinajstić information content (AvgIpc) is 2.60. The Labute approximate surface area is 165 Å². The quantitative estimate of drug-likeness (QED) is 0.596. The number of hydrogen-bond donors (Lipinski definition) is 2. The Hall–Kier alpha value is -2.09. The molecule has 1 aliphatic carbocycles. The number of nitrogens with one attached hydrogen (secondary N) is 1. The van der Waals surface area contributed by atoms with Crippen molar-refractivity contribution in [2.24, 2.45) is 0 Å². The van der Waals surface area contributed by atoms with E-state index in [1.165, 1.54) is 25.3 Å². The van der Waals surface area contributed by atoms with Gasteiger partial charge in [-0.25, -0.2) is 17.9 Å². The van der Waals surface area contributed by atoms with Gasteiger partial charge in [0.1, 0.15) is 0 Å². The van der Waals surface area contributed by atoms with Gasteiger partial charge in [-0.15, -0.1) is 12.4 Å². The third-order valence-corrected chi connectivity index (χ3v) is 6.16. The van der Waals surface area contributed by atoms with E-state index < -0.39 is 16.0 Å². The Bertz CT molecular complexity index is 960. The van der Waals surface area contributed by atoms with Crippen molar-refractivity contribution in [1.82, 2.24) is 4.72 Å². The number of carbonyl (C=O) groups is 1. The molecule has 1 aliphatic rings. The zero-order valence-electron chi connectivity index (χ0n) is 15.2. The molecule has 0 aliphatic heterocycles. The summed E-state index contributed by atoms with van der Waals surface area (Å²) in [7, 11) is -2.42. The van der Waals surface area contributed by atoms with Crippen molar-refractivity contribution in [2.75, 3.05) is 12.8 Å². The normalized spacial score (nSPS) is 16.1. The second-order valence-electron chi connectivity index (χ2n) is 6.49. The molecule has 3 rings (SSSR count). The molecule has 8 heteroatoms. The van der Waals surface area contributed by atoms with Crippen LogP contribution in [-0.2, 0) is 21.2 Å². The Morgan fingerprint density at radius 3 is 2.63 bits per heavy atom. The molecule has 0 radical (unpaired) electrons. The fourth-order valence-electron chi connectivity index (χ4n) is 3.35. The Kier molecular flexibility index (Phi) is 6.51. The van der Waals surface area contributed by atoms with Crippen LogP contribution in [0.15, 0.2) is 41.3 Å². The number of ether oxygens (including phenoxy) is 1. The summed E-state index contributed by atoms with van der Waals surface area (Å²) < 4.78 is 33.1. The summed E-state index contributed by atoms with van der Waals surface area (Å²) in [6, 6.07) is 9.69. The second-order valence-corrected chi connectivity index (χ2v) is 8.21. The van der Waals surface area contributed by atoms with Gasteiger partial charge < -0.3 is 10.5 Å². The molecule has 0 spiro atoms. The van der Waals surface area contributed by atoms with Crippen LogP contribution in [0.3, 0.4) is 0 Å². The Morgan fingerprint density at radius 1 is 1.22 bits per heavy atom. The van der Waals surface area contributed by atoms with Crippen molar-refractivity contribution in [3.8, 4) is 0 Å².